The number of amides is 1. The monoisotopic (exact) mass is 445 g/mol. The summed E-state index contributed by atoms with van der Waals surface area (Å²) >= 11 is 1.76. The number of hydrogen-bond acceptors (Lipinski definition) is 5. The molecule has 0 aliphatic heterocycles. The highest BCUT2D eigenvalue weighted by atomic mass is 32.1. The lowest BCUT2D eigenvalue weighted by molar-refractivity contribution is 0.0636. The van der Waals surface area contributed by atoms with Crippen LogP contribution in [0.1, 0.15) is 37.3 Å². The number of guanidine groups is 1. The van der Waals surface area contributed by atoms with E-state index < -0.39 is 11.7 Å². The van der Waals surface area contributed by atoms with E-state index in [0.29, 0.717) is 11.7 Å². The lowest BCUT2D eigenvalue weighted by Gasteiger charge is -2.24. The molecule has 2 aromatic rings. The van der Waals surface area contributed by atoms with Crippen LogP contribution in [-0.2, 0) is 11.2 Å². The van der Waals surface area contributed by atoms with Crippen LogP contribution in [-0.4, -0.2) is 56.8 Å². The van der Waals surface area contributed by atoms with Gasteiger partial charge >= 0.3 is 6.09 Å². The summed E-state index contributed by atoms with van der Waals surface area (Å²) in [5.74, 6) is 0.784. The number of anilines is 1. The van der Waals surface area contributed by atoms with Crippen LogP contribution in [0, 0.1) is 0 Å². The van der Waals surface area contributed by atoms with Crippen molar-refractivity contribution in [2.24, 2.45) is 4.99 Å². The van der Waals surface area contributed by atoms with Gasteiger partial charge in [-0.1, -0.05) is 18.2 Å². The van der Waals surface area contributed by atoms with Gasteiger partial charge in [-0.05, 0) is 70.4 Å². The van der Waals surface area contributed by atoms with Crippen molar-refractivity contribution in [1.82, 2.24) is 15.5 Å². The summed E-state index contributed by atoms with van der Waals surface area (Å²) in [4.78, 5) is 19.7. The first-order chi connectivity index (χ1) is 14.7. The smallest absolute Gasteiger partial charge is 0.412 e. The summed E-state index contributed by atoms with van der Waals surface area (Å²) in [6.07, 6.45) is 0.394. The Hall–Kier alpha value is -2.58. The molecule has 0 saturated heterocycles. The molecule has 31 heavy (non-hydrogen) atoms. The number of thiophene rings is 1. The van der Waals surface area contributed by atoms with Crippen molar-refractivity contribution >= 4 is 29.1 Å². The minimum atomic E-state index is -0.515. The van der Waals surface area contributed by atoms with E-state index in [9.17, 15) is 4.79 Å². The van der Waals surface area contributed by atoms with Gasteiger partial charge in [-0.3, -0.25) is 10.3 Å². The molecule has 8 heteroatoms. The molecule has 0 fully saturated rings. The van der Waals surface area contributed by atoms with Gasteiger partial charge in [-0.15, -0.1) is 11.3 Å². The molecule has 0 radical (unpaired) electrons. The number of carbonyl (C=O) groups excluding carboxylic acids is 1. The highest BCUT2D eigenvalue weighted by molar-refractivity contribution is 7.10. The molecule has 2 rings (SSSR count). The van der Waals surface area contributed by atoms with Gasteiger partial charge in [0.15, 0.2) is 5.96 Å². The van der Waals surface area contributed by atoms with E-state index in [1.54, 1.807) is 18.4 Å². The third-order valence-corrected chi connectivity index (χ3v) is 5.46. The van der Waals surface area contributed by atoms with Crippen molar-refractivity contribution in [1.29, 1.82) is 0 Å². The standard InChI is InChI=1S/C23H35N5O2S/c1-23(2,3)30-22(29)27-18-11-9-17(10-12-18)13-14-25-21(24-4)26-16-19(28(5)6)20-8-7-15-31-20/h7-12,15,19H,13-14,16H2,1-6H3,(H,27,29)(H2,24,25,26). The third-order valence-electron chi connectivity index (χ3n) is 4.49. The Morgan fingerprint density at radius 2 is 1.87 bits per heavy atom. The molecule has 0 spiro atoms. The number of nitrogens with one attached hydrogen (secondary N) is 3. The summed E-state index contributed by atoms with van der Waals surface area (Å²) in [5.41, 5.74) is 1.37. The summed E-state index contributed by atoms with van der Waals surface area (Å²) in [7, 11) is 5.95. The van der Waals surface area contributed by atoms with E-state index >= 15 is 0 Å². The van der Waals surface area contributed by atoms with Gasteiger partial charge in [0, 0.05) is 30.7 Å². The van der Waals surface area contributed by atoms with Crippen molar-refractivity contribution in [3.63, 3.8) is 0 Å². The Morgan fingerprint density at radius 1 is 1.16 bits per heavy atom. The first-order valence-corrected chi connectivity index (χ1v) is 11.3. The molecule has 1 unspecified atom stereocenters. The number of likely N-dealkylation sites (N-methyl/N-ethyl adjacent to an activating group) is 1. The van der Waals surface area contributed by atoms with Crippen LogP contribution in [0.4, 0.5) is 10.5 Å². The number of rotatable bonds is 8. The SMILES string of the molecule is CN=C(NCCc1ccc(NC(=O)OC(C)(C)C)cc1)NCC(c1cccs1)N(C)C. The number of aliphatic imine (C=N–C) groups is 1. The molecule has 0 aliphatic rings. The van der Waals surface area contributed by atoms with Crippen LogP contribution in [0.5, 0.6) is 0 Å². The van der Waals surface area contributed by atoms with Crippen molar-refractivity contribution in [3.05, 3.63) is 52.2 Å². The fourth-order valence-electron chi connectivity index (χ4n) is 2.93. The average molecular weight is 446 g/mol. The zero-order valence-corrected chi connectivity index (χ0v) is 20.2. The molecular weight excluding hydrogens is 410 g/mol. The van der Waals surface area contributed by atoms with E-state index in [4.69, 9.17) is 4.74 Å². The second-order valence-electron chi connectivity index (χ2n) is 8.45. The van der Waals surface area contributed by atoms with Gasteiger partial charge in [0.2, 0.25) is 0 Å². The molecule has 0 saturated carbocycles. The summed E-state index contributed by atoms with van der Waals surface area (Å²) in [6.45, 7) is 7.05. The fraction of sp³-hybridized carbons (Fsp3) is 0.478. The number of carbonyl (C=O) groups is 1. The Kier molecular flexibility index (Phi) is 9.33. The maximum atomic E-state index is 11.9. The molecule has 1 aromatic heterocycles. The first-order valence-electron chi connectivity index (χ1n) is 10.4. The Morgan fingerprint density at radius 3 is 2.42 bits per heavy atom. The maximum absolute atomic E-state index is 11.9. The largest absolute Gasteiger partial charge is 0.444 e. The number of hydrogen-bond donors (Lipinski definition) is 3. The van der Waals surface area contributed by atoms with E-state index in [1.807, 2.05) is 45.0 Å². The average Bonchev–Trinajstić information content (AvgIpc) is 3.20. The van der Waals surface area contributed by atoms with E-state index in [1.165, 1.54) is 10.4 Å². The van der Waals surface area contributed by atoms with Gasteiger partial charge < -0.3 is 20.3 Å². The van der Waals surface area contributed by atoms with Crippen molar-refractivity contribution in [2.75, 3.05) is 39.5 Å². The van der Waals surface area contributed by atoms with Crippen molar-refractivity contribution < 1.29 is 9.53 Å². The first kappa shape index (κ1) is 24.7. The Labute approximate surface area is 189 Å². The lowest BCUT2D eigenvalue weighted by Crippen LogP contribution is -2.42. The minimum Gasteiger partial charge on any atom is -0.444 e. The van der Waals surface area contributed by atoms with Crippen LogP contribution >= 0.6 is 11.3 Å². The molecule has 1 aromatic carbocycles. The van der Waals surface area contributed by atoms with Gasteiger partial charge in [-0.25, -0.2) is 4.79 Å². The molecular formula is C23H35N5O2S. The molecule has 0 bridgehead atoms. The topological polar surface area (TPSA) is 78.0 Å². The predicted molar refractivity (Wildman–Crippen MR) is 130 cm³/mol. The molecule has 3 N–H and O–H groups in total. The quantitative estimate of drug-likeness (QED) is 0.421. The maximum Gasteiger partial charge on any atom is 0.412 e. The highest BCUT2D eigenvalue weighted by Gasteiger charge is 2.16. The van der Waals surface area contributed by atoms with Crippen molar-refractivity contribution in [3.8, 4) is 0 Å². The third kappa shape index (κ3) is 8.98. The van der Waals surface area contributed by atoms with E-state index in [-0.39, 0.29) is 0 Å². The molecule has 0 aliphatic carbocycles. The van der Waals surface area contributed by atoms with E-state index in [2.05, 4.69) is 57.5 Å². The van der Waals surface area contributed by atoms with Crippen LogP contribution in [0.3, 0.4) is 0 Å². The summed E-state index contributed by atoms with van der Waals surface area (Å²) in [6, 6.07) is 12.3. The van der Waals surface area contributed by atoms with Gasteiger partial charge in [0.05, 0.1) is 6.04 Å². The molecule has 1 amide bonds. The Balaban J connectivity index is 1.77. The lowest BCUT2D eigenvalue weighted by atomic mass is 10.1. The Bertz CT molecular complexity index is 827. The number of nitrogens with zero attached hydrogens (tertiary/aromatic N) is 2. The second kappa shape index (κ2) is 11.7. The number of ether oxygens (including phenoxy) is 1. The summed E-state index contributed by atoms with van der Waals surface area (Å²) < 4.78 is 5.27. The fourth-order valence-corrected chi connectivity index (χ4v) is 3.86. The summed E-state index contributed by atoms with van der Waals surface area (Å²) in [5, 5.41) is 11.6. The highest BCUT2D eigenvalue weighted by Crippen LogP contribution is 2.22. The van der Waals surface area contributed by atoms with Gasteiger partial charge in [-0.2, -0.15) is 0 Å². The zero-order chi connectivity index (χ0) is 22.9. The van der Waals surface area contributed by atoms with Crippen LogP contribution < -0.4 is 16.0 Å². The van der Waals surface area contributed by atoms with E-state index in [0.717, 1.165) is 25.5 Å². The zero-order valence-electron chi connectivity index (χ0n) is 19.4. The van der Waals surface area contributed by atoms with Crippen LogP contribution in [0.15, 0.2) is 46.8 Å². The van der Waals surface area contributed by atoms with Gasteiger partial charge in [0.1, 0.15) is 5.60 Å². The molecule has 170 valence electrons. The second-order valence-corrected chi connectivity index (χ2v) is 9.43. The molecule has 1 atom stereocenters. The van der Waals surface area contributed by atoms with Crippen LogP contribution in [0.25, 0.3) is 0 Å². The molecule has 1 heterocycles. The predicted octanol–water partition coefficient (Wildman–Crippen LogP) is 4.11. The van der Waals surface area contributed by atoms with Gasteiger partial charge in [0.25, 0.3) is 0 Å². The van der Waals surface area contributed by atoms with Crippen LogP contribution in [0.2, 0.25) is 0 Å². The molecule has 7 nitrogen and oxygen atoms in total. The number of benzene rings is 1. The minimum absolute atomic E-state index is 0.295. The normalized spacial score (nSPS) is 13.1. The van der Waals surface area contributed by atoms with Crippen molar-refractivity contribution in [2.45, 2.75) is 38.8 Å².